The van der Waals surface area contributed by atoms with Gasteiger partial charge < -0.3 is 9.13 Å². The van der Waals surface area contributed by atoms with Crippen molar-refractivity contribution in [1.29, 1.82) is 0 Å². The SMILES string of the molecule is c1ccc(-c2n[nH]c(-c3ccc(-n4c5ccccc5c5cc(-c6ccc7c(c6)c6ccccc6n7-c6ccccc6)ccc54)cc3)n2)cc1. The average Bonchev–Trinajstić information content (AvgIpc) is 3.89. The van der Waals surface area contributed by atoms with Crippen LogP contribution in [-0.2, 0) is 0 Å². The normalized spacial score (nSPS) is 11.7. The van der Waals surface area contributed by atoms with Gasteiger partial charge >= 0.3 is 0 Å². The Morgan fingerprint density at radius 2 is 0.837 bits per heavy atom. The van der Waals surface area contributed by atoms with Gasteiger partial charge in [-0.2, -0.15) is 5.10 Å². The van der Waals surface area contributed by atoms with Gasteiger partial charge in [-0.3, -0.25) is 5.10 Å². The highest BCUT2D eigenvalue weighted by molar-refractivity contribution is 6.12. The zero-order valence-electron chi connectivity index (χ0n) is 26.5. The minimum atomic E-state index is 0.693. The fraction of sp³-hybridized carbons (Fsp3) is 0. The van der Waals surface area contributed by atoms with E-state index >= 15 is 0 Å². The fourth-order valence-corrected chi connectivity index (χ4v) is 7.31. The highest BCUT2D eigenvalue weighted by atomic mass is 15.2. The standard InChI is InChI=1S/C44H29N5/c1-3-11-29(12-4-1)43-45-44(47-46-43)30-19-23-34(24-20-30)49-40-18-10-8-16-36(40)38-28-32(22-26-42(38)49)31-21-25-41-37(27-31)35-15-7-9-17-39(35)48(41)33-13-5-2-6-14-33/h1-28H,(H,45,46,47). The van der Waals surface area contributed by atoms with Crippen LogP contribution >= 0.6 is 0 Å². The molecule has 0 aliphatic heterocycles. The van der Waals surface area contributed by atoms with E-state index < -0.39 is 0 Å². The molecule has 10 aromatic rings. The number of H-pyrrole nitrogens is 1. The average molecular weight is 628 g/mol. The van der Waals surface area contributed by atoms with Gasteiger partial charge in [0.15, 0.2) is 11.6 Å². The first-order valence-electron chi connectivity index (χ1n) is 16.5. The molecule has 3 heterocycles. The molecule has 0 bridgehead atoms. The van der Waals surface area contributed by atoms with E-state index in [0.29, 0.717) is 5.82 Å². The van der Waals surface area contributed by atoms with Gasteiger partial charge in [0.25, 0.3) is 0 Å². The van der Waals surface area contributed by atoms with E-state index in [1.807, 2.05) is 30.3 Å². The molecule has 7 aromatic carbocycles. The Labute approximate surface area is 282 Å². The predicted octanol–water partition coefficient (Wildman–Crippen LogP) is 11.0. The van der Waals surface area contributed by atoms with Gasteiger partial charge in [0, 0.05) is 44.0 Å². The topological polar surface area (TPSA) is 51.4 Å². The summed E-state index contributed by atoms with van der Waals surface area (Å²) in [5, 5.41) is 12.5. The Morgan fingerprint density at radius 1 is 0.367 bits per heavy atom. The highest BCUT2D eigenvalue weighted by Gasteiger charge is 2.16. The van der Waals surface area contributed by atoms with Gasteiger partial charge in [0.2, 0.25) is 0 Å². The summed E-state index contributed by atoms with van der Waals surface area (Å²) < 4.78 is 4.71. The van der Waals surface area contributed by atoms with Crippen LogP contribution in [0.1, 0.15) is 0 Å². The molecule has 0 aliphatic rings. The smallest absolute Gasteiger partial charge is 0.181 e. The van der Waals surface area contributed by atoms with Gasteiger partial charge in [-0.05, 0) is 83.9 Å². The number of rotatable bonds is 5. The van der Waals surface area contributed by atoms with Crippen molar-refractivity contribution in [1.82, 2.24) is 24.3 Å². The maximum absolute atomic E-state index is 4.76. The molecular formula is C44H29N5. The summed E-state index contributed by atoms with van der Waals surface area (Å²) in [4.78, 5) is 4.76. The Kier molecular flexibility index (Phi) is 6.11. The number of aromatic amines is 1. The Morgan fingerprint density at radius 3 is 1.43 bits per heavy atom. The van der Waals surface area contributed by atoms with Crippen LogP contribution in [0.5, 0.6) is 0 Å². The van der Waals surface area contributed by atoms with Crippen LogP contribution < -0.4 is 0 Å². The molecular weight excluding hydrogens is 599 g/mol. The van der Waals surface area contributed by atoms with Crippen molar-refractivity contribution in [3.63, 3.8) is 0 Å². The largest absolute Gasteiger partial charge is 0.309 e. The molecule has 0 amide bonds. The lowest BCUT2D eigenvalue weighted by Gasteiger charge is -2.10. The van der Waals surface area contributed by atoms with E-state index in [1.54, 1.807) is 0 Å². The predicted molar refractivity (Wildman–Crippen MR) is 201 cm³/mol. The molecule has 5 heteroatoms. The minimum absolute atomic E-state index is 0.693. The van der Waals surface area contributed by atoms with Crippen LogP contribution in [-0.4, -0.2) is 24.3 Å². The summed E-state index contributed by atoms with van der Waals surface area (Å²) in [6.45, 7) is 0. The van der Waals surface area contributed by atoms with Crippen LogP contribution in [0.15, 0.2) is 170 Å². The number of hydrogen-bond donors (Lipinski definition) is 1. The van der Waals surface area contributed by atoms with Gasteiger partial charge in [-0.25, -0.2) is 4.98 Å². The van der Waals surface area contributed by atoms with E-state index in [-0.39, 0.29) is 0 Å². The van der Waals surface area contributed by atoms with Crippen molar-refractivity contribution in [2.75, 3.05) is 0 Å². The van der Waals surface area contributed by atoms with Gasteiger partial charge in [-0.1, -0.05) is 97.1 Å². The first kappa shape index (κ1) is 27.4. The van der Waals surface area contributed by atoms with Gasteiger partial charge in [0.05, 0.1) is 22.1 Å². The molecule has 0 fully saturated rings. The quantitative estimate of drug-likeness (QED) is 0.206. The molecule has 5 nitrogen and oxygen atoms in total. The van der Waals surface area contributed by atoms with Crippen LogP contribution in [0, 0.1) is 0 Å². The Hall–Kier alpha value is -6.72. The molecule has 1 N–H and O–H groups in total. The molecule has 49 heavy (non-hydrogen) atoms. The molecule has 0 aliphatic carbocycles. The third kappa shape index (κ3) is 4.40. The van der Waals surface area contributed by atoms with Gasteiger partial charge in [-0.15, -0.1) is 0 Å². The number of nitrogens with zero attached hydrogens (tertiary/aromatic N) is 4. The molecule has 0 radical (unpaired) electrons. The summed E-state index contributed by atoms with van der Waals surface area (Å²) in [5.41, 5.74) is 11.4. The summed E-state index contributed by atoms with van der Waals surface area (Å²) in [7, 11) is 0. The van der Waals surface area contributed by atoms with Gasteiger partial charge in [0.1, 0.15) is 0 Å². The second kappa shape index (κ2) is 10.9. The third-order valence-corrected chi connectivity index (χ3v) is 9.61. The number of nitrogens with one attached hydrogen (secondary N) is 1. The minimum Gasteiger partial charge on any atom is -0.309 e. The lowest BCUT2D eigenvalue weighted by molar-refractivity contribution is 1.10. The summed E-state index contributed by atoms with van der Waals surface area (Å²) in [6, 6.07) is 60.3. The number of aromatic nitrogens is 5. The van der Waals surface area contributed by atoms with Crippen LogP contribution in [0.2, 0.25) is 0 Å². The molecule has 0 saturated carbocycles. The number of fused-ring (bicyclic) bond motifs is 6. The molecule has 10 rings (SSSR count). The lowest BCUT2D eigenvalue weighted by Crippen LogP contribution is -1.94. The van der Waals surface area contributed by atoms with Crippen LogP contribution in [0.4, 0.5) is 0 Å². The molecule has 0 spiro atoms. The first-order chi connectivity index (χ1) is 24.3. The second-order valence-electron chi connectivity index (χ2n) is 12.4. The van der Waals surface area contributed by atoms with E-state index in [2.05, 4.69) is 159 Å². The number of benzene rings is 7. The molecule has 0 atom stereocenters. The monoisotopic (exact) mass is 627 g/mol. The van der Waals surface area contributed by atoms with Crippen molar-refractivity contribution in [3.05, 3.63) is 170 Å². The van der Waals surface area contributed by atoms with E-state index in [9.17, 15) is 0 Å². The molecule has 230 valence electrons. The van der Waals surface area contributed by atoms with Crippen LogP contribution in [0.25, 0.3) is 88.9 Å². The Balaban J connectivity index is 1.07. The number of para-hydroxylation sites is 3. The maximum atomic E-state index is 4.76. The summed E-state index contributed by atoms with van der Waals surface area (Å²) >= 11 is 0. The van der Waals surface area contributed by atoms with Crippen LogP contribution in [0.3, 0.4) is 0 Å². The van der Waals surface area contributed by atoms with Crippen molar-refractivity contribution >= 4 is 43.6 Å². The molecule has 0 unspecified atom stereocenters. The molecule has 0 saturated heterocycles. The zero-order valence-corrected chi connectivity index (χ0v) is 26.5. The third-order valence-electron chi connectivity index (χ3n) is 9.61. The highest BCUT2D eigenvalue weighted by Crippen LogP contribution is 2.38. The molecule has 3 aromatic heterocycles. The van der Waals surface area contributed by atoms with Crippen molar-refractivity contribution < 1.29 is 0 Å². The summed E-state index contributed by atoms with van der Waals surface area (Å²) in [5.74, 6) is 1.44. The fourth-order valence-electron chi connectivity index (χ4n) is 7.31. The lowest BCUT2D eigenvalue weighted by atomic mass is 10.0. The zero-order chi connectivity index (χ0) is 32.3. The second-order valence-corrected chi connectivity index (χ2v) is 12.4. The van der Waals surface area contributed by atoms with Crippen molar-refractivity contribution in [3.8, 4) is 45.3 Å². The van der Waals surface area contributed by atoms with E-state index in [1.165, 1.54) is 60.4 Å². The van der Waals surface area contributed by atoms with E-state index in [4.69, 9.17) is 4.98 Å². The van der Waals surface area contributed by atoms with E-state index in [0.717, 1.165) is 22.6 Å². The van der Waals surface area contributed by atoms with Crippen molar-refractivity contribution in [2.24, 2.45) is 0 Å². The number of hydrogen-bond acceptors (Lipinski definition) is 2. The Bertz CT molecular complexity index is 2800. The first-order valence-corrected chi connectivity index (χ1v) is 16.5. The maximum Gasteiger partial charge on any atom is 0.181 e. The summed E-state index contributed by atoms with van der Waals surface area (Å²) in [6.07, 6.45) is 0. The van der Waals surface area contributed by atoms with Crippen molar-refractivity contribution in [2.45, 2.75) is 0 Å².